The Labute approximate surface area is 200 Å². The van der Waals surface area contributed by atoms with E-state index in [1.165, 1.54) is 4.90 Å². The van der Waals surface area contributed by atoms with E-state index in [1.807, 2.05) is 0 Å². The van der Waals surface area contributed by atoms with Crippen LogP contribution in [0.3, 0.4) is 0 Å². The molecule has 1 N–H and O–H groups in total. The molecule has 0 bridgehead atoms. The number of carbonyl (C=O) groups excluding carboxylic acids is 2. The smallest absolute Gasteiger partial charge is 0.381 e. The van der Waals surface area contributed by atoms with Gasteiger partial charge in [0, 0.05) is 23.6 Å². The Morgan fingerprint density at radius 2 is 1.86 bits per heavy atom. The summed E-state index contributed by atoms with van der Waals surface area (Å²) >= 11 is 5.65. The van der Waals surface area contributed by atoms with Crippen LogP contribution < -0.4 is 5.32 Å². The number of nitrogens with one attached hydrogen (secondary N) is 1. The van der Waals surface area contributed by atoms with Gasteiger partial charge < -0.3 is 15.0 Å². The van der Waals surface area contributed by atoms with E-state index >= 15 is 0 Å². The molecule has 3 heterocycles. The van der Waals surface area contributed by atoms with E-state index in [0.29, 0.717) is 25.2 Å². The van der Waals surface area contributed by atoms with Crippen molar-refractivity contribution in [1.29, 1.82) is 0 Å². The summed E-state index contributed by atoms with van der Waals surface area (Å²) in [6, 6.07) is 0.0200. The van der Waals surface area contributed by atoms with Gasteiger partial charge in [-0.2, -0.15) is 13.2 Å². The van der Waals surface area contributed by atoms with Crippen molar-refractivity contribution in [3.05, 3.63) is 58.1 Å². The number of rotatable bonds is 5. The van der Waals surface area contributed by atoms with Gasteiger partial charge >= 0.3 is 6.18 Å². The minimum absolute atomic E-state index is 0.0221. The van der Waals surface area contributed by atoms with Gasteiger partial charge in [0.05, 0.1) is 24.3 Å². The maximum absolute atomic E-state index is 14.6. The average Bonchev–Trinajstić information content (AvgIpc) is 3.43. The van der Waals surface area contributed by atoms with Crippen LogP contribution in [0.15, 0.2) is 24.5 Å². The molecule has 1 aliphatic carbocycles. The normalized spacial score (nSPS) is 24.5. The Balaban J connectivity index is 1.39. The number of benzene rings is 1. The minimum atomic E-state index is -4.77. The molecule has 7 nitrogen and oxygen atoms in total. The maximum Gasteiger partial charge on any atom is 0.433 e. The van der Waals surface area contributed by atoms with Crippen molar-refractivity contribution in [2.75, 3.05) is 13.2 Å². The van der Waals surface area contributed by atoms with Crippen molar-refractivity contribution >= 4 is 23.4 Å². The summed E-state index contributed by atoms with van der Waals surface area (Å²) in [5, 5.41) is 2.30. The molecular weight excluding hydrogens is 499 g/mol. The van der Waals surface area contributed by atoms with Crippen molar-refractivity contribution in [3.8, 4) is 0 Å². The molecule has 5 rings (SSSR count). The third-order valence-corrected chi connectivity index (χ3v) is 6.92. The molecule has 2 aliphatic heterocycles. The Morgan fingerprint density at radius 3 is 2.51 bits per heavy atom. The van der Waals surface area contributed by atoms with Crippen molar-refractivity contribution in [2.24, 2.45) is 11.8 Å². The summed E-state index contributed by atoms with van der Waals surface area (Å²) in [4.78, 5) is 34.5. The number of carbonyl (C=O) groups is 2. The van der Waals surface area contributed by atoms with E-state index < -0.39 is 58.1 Å². The minimum Gasteiger partial charge on any atom is -0.381 e. The fourth-order valence-electron chi connectivity index (χ4n) is 4.67. The number of hydrogen-bond donors (Lipinski definition) is 1. The van der Waals surface area contributed by atoms with E-state index in [4.69, 9.17) is 16.3 Å². The number of piperidine rings is 1. The molecule has 2 saturated heterocycles. The van der Waals surface area contributed by atoms with Gasteiger partial charge in [0.1, 0.15) is 35.4 Å². The quantitative estimate of drug-likeness (QED) is 0.485. The molecule has 1 aromatic heterocycles. The zero-order chi connectivity index (χ0) is 25.1. The first kappa shape index (κ1) is 23.9. The predicted octanol–water partition coefficient (Wildman–Crippen LogP) is 3.53. The third kappa shape index (κ3) is 4.44. The number of likely N-dealkylation sites (tertiary alicyclic amines) is 1. The Kier molecular flexibility index (Phi) is 5.91. The van der Waals surface area contributed by atoms with E-state index in [2.05, 4.69) is 15.3 Å². The lowest BCUT2D eigenvalue weighted by Crippen LogP contribution is -2.51. The number of alkyl halides is 3. The Hall–Kier alpha value is -2.86. The highest BCUT2D eigenvalue weighted by molar-refractivity contribution is 6.30. The average molecular weight is 517 g/mol. The van der Waals surface area contributed by atoms with E-state index in [-0.39, 0.29) is 36.7 Å². The fraction of sp³-hybridized carbons (Fsp3) is 0.455. The summed E-state index contributed by atoms with van der Waals surface area (Å²) < 4.78 is 73.0. The van der Waals surface area contributed by atoms with Crippen LogP contribution in [0.25, 0.3) is 0 Å². The number of ether oxygens (including phenoxy) is 1. The first-order chi connectivity index (χ1) is 16.5. The van der Waals surface area contributed by atoms with Gasteiger partial charge in [-0.05, 0) is 30.9 Å². The first-order valence-corrected chi connectivity index (χ1v) is 11.2. The number of halogens is 6. The lowest BCUT2D eigenvalue weighted by atomic mass is 9.90. The van der Waals surface area contributed by atoms with Crippen LogP contribution in [0, 0.1) is 23.5 Å². The molecular formula is C22H18ClF5N4O3. The summed E-state index contributed by atoms with van der Waals surface area (Å²) in [6.07, 6.45) is -3.21. The molecule has 0 radical (unpaired) electrons. The van der Waals surface area contributed by atoms with Crippen LogP contribution in [0.1, 0.15) is 40.6 Å². The van der Waals surface area contributed by atoms with Crippen LogP contribution >= 0.6 is 11.6 Å². The second-order valence-electron chi connectivity index (χ2n) is 8.88. The molecule has 3 aliphatic rings. The highest BCUT2D eigenvalue weighted by Crippen LogP contribution is 2.48. The molecule has 2 amide bonds. The SMILES string of the molecule is O=C(NC(c1cc(F)c(Cl)cc1F)C1COC1)[C@H]1C[C@H]2C[C@H]2N1C(=O)c1cc(C(F)(F)F)ncn1. The predicted molar refractivity (Wildman–Crippen MR) is 110 cm³/mol. The third-order valence-electron chi connectivity index (χ3n) is 6.63. The van der Waals surface area contributed by atoms with Gasteiger partial charge in [-0.1, -0.05) is 11.6 Å². The standard InChI is InChI=1S/C22H18ClF5N4O3/c23-12-4-13(24)11(3-14(12)25)19(10-6-35-7-10)31-20(33)17-2-9-1-16(9)32(17)21(34)15-5-18(22(26,27)28)30-8-29-15/h3-5,8-10,16-17,19H,1-2,6-7H2,(H,31,33)/t9-,16-,17-,19?/m1/s1. The van der Waals surface area contributed by atoms with Crippen molar-refractivity contribution in [3.63, 3.8) is 0 Å². The highest BCUT2D eigenvalue weighted by atomic mass is 35.5. The number of amides is 2. The molecule has 3 fully saturated rings. The molecule has 0 spiro atoms. The van der Waals surface area contributed by atoms with Gasteiger partial charge in [0.15, 0.2) is 0 Å². The second-order valence-corrected chi connectivity index (χ2v) is 9.29. The lowest BCUT2D eigenvalue weighted by Gasteiger charge is -2.36. The van der Waals surface area contributed by atoms with Gasteiger partial charge in [-0.3, -0.25) is 9.59 Å². The lowest BCUT2D eigenvalue weighted by molar-refractivity contribution is -0.141. The second kappa shape index (κ2) is 8.66. The number of nitrogens with zero attached hydrogens (tertiary/aromatic N) is 3. The van der Waals surface area contributed by atoms with E-state index in [1.54, 1.807) is 0 Å². The topological polar surface area (TPSA) is 84.4 Å². The number of fused-ring (bicyclic) bond motifs is 1. The summed E-state index contributed by atoms with van der Waals surface area (Å²) in [5.41, 5.74) is -1.86. The van der Waals surface area contributed by atoms with E-state index in [0.717, 1.165) is 12.1 Å². The van der Waals surface area contributed by atoms with Gasteiger partial charge in [-0.15, -0.1) is 0 Å². The van der Waals surface area contributed by atoms with Crippen LogP contribution in [-0.2, 0) is 15.7 Å². The van der Waals surface area contributed by atoms with Gasteiger partial charge in [0.25, 0.3) is 5.91 Å². The summed E-state index contributed by atoms with van der Waals surface area (Å²) in [5.74, 6) is -3.43. The highest BCUT2D eigenvalue weighted by Gasteiger charge is 2.56. The van der Waals surface area contributed by atoms with Crippen LogP contribution in [-0.4, -0.2) is 52.0 Å². The zero-order valence-electron chi connectivity index (χ0n) is 17.9. The molecule has 1 unspecified atom stereocenters. The number of hydrogen-bond acceptors (Lipinski definition) is 5. The fourth-order valence-corrected chi connectivity index (χ4v) is 4.82. The van der Waals surface area contributed by atoms with Crippen molar-refractivity contribution in [2.45, 2.75) is 37.1 Å². The molecule has 4 atom stereocenters. The van der Waals surface area contributed by atoms with Crippen molar-refractivity contribution in [1.82, 2.24) is 20.2 Å². The molecule has 1 aromatic carbocycles. The molecule has 1 saturated carbocycles. The maximum atomic E-state index is 14.6. The van der Waals surface area contributed by atoms with Gasteiger partial charge in [-0.25, -0.2) is 18.7 Å². The first-order valence-electron chi connectivity index (χ1n) is 10.8. The van der Waals surface area contributed by atoms with Crippen molar-refractivity contribution < 1.29 is 36.3 Å². The van der Waals surface area contributed by atoms with Gasteiger partial charge in [0.2, 0.25) is 5.91 Å². The largest absolute Gasteiger partial charge is 0.433 e. The Bertz CT molecular complexity index is 1190. The van der Waals surface area contributed by atoms with Crippen LogP contribution in [0.5, 0.6) is 0 Å². The van der Waals surface area contributed by atoms with E-state index in [9.17, 15) is 31.5 Å². The number of aromatic nitrogens is 2. The Morgan fingerprint density at radius 1 is 1.11 bits per heavy atom. The molecule has 35 heavy (non-hydrogen) atoms. The monoisotopic (exact) mass is 516 g/mol. The van der Waals surface area contributed by atoms with Crippen LogP contribution in [0.4, 0.5) is 22.0 Å². The molecule has 186 valence electrons. The molecule has 13 heteroatoms. The molecule has 2 aromatic rings. The van der Waals surface area contributed by atoms with Crippen LogP contribution in [0.2, 0.25) is 5.02 Å². The summed E-state index contributed by atoms with van der Waals surface area (Å²) in [7, 11) is 0. The summed E-state index contributed by atoms with van der Waals surface area (Å²) in [6.45, 7) is 0.405. The zero-order valence-corrected chi connectivity index (χ0v) is 18.6.